The van der Waals surface area contributed by atoms with Crippen LogP contribution in [-0.4, -0.2) is 11.6 Å². The average molecular weight is 388 g/mol. The molecule has 0 spiro atoms. The molecule has 2 N–H and O–H groups in total. The van der Waals surface area contributed by atoms with E-state index in [4.69, 9.17) is 5.73 Å². The van der Waals surface area contributed by atoms with Gasteiger partial charge in [0.05, 0.1) is 0 Å². The quantitative estimate of drug-likeness (QED) is 0.537. The van der Waals surface area contributed by atoms with Gasteiger partial charge in [-0.2, -0.15) is 0 Å². The van der Waals surface area contributed by atoms with Crippen LogP contribution < -0.4 is 5.73 Å². The smallest absolute Gasteiger partial charge is 0.195 e. The molecule has 2 aromatic rings. The van der Waals surface area contributed by atoms with Crippen molar-refractivity contribution in [3.63, 3.8) is 0 Å². The number of rotatable bonds is 2. The van der Waals surface area contributed by atoms with Crippen LogP contribution in [0, 0.1) is 0 Å². The summed E-state index contributed by atoms with van der Waals surface area (Å²) in [6.45, 7) is 0. The first-order valence-electron chi connectivity index (χ1n) is 11.3. The van der Waals surface area contributed by atoms with Gasteiger partial charge in [-0.25, -0.2) is 0 Å². The molecule has 2 saturated carbocycles. The van der Waals surface area contributed by atoms with Gasteiger partial charge in [0, 0.05) is 27.9 Å². The van der Waals surface area contributed by atoms with Gasteiger partial charge in [0.2, 0.25) is 0 Å². The third-order valence-electron chi connectivity index (χ3n) is 7.38. The third-order valence-corrected chi connectivity index (χ3v) is 7.38. The Morgan fingerprint density at radius 1 is 0.655 bits per heavy atom. The molecule has 2 fully saturated rings. The Labute approximate surface area is 172 Å². The lowest BCUT2D eigenvalue weighted by molar-refractivity contribution is 0.0976. The standard InChI is InChI=1S/C26H29NO2/c27-21-15-14-20-24(22(21)17-10-5-2-6-11-17)26(29)23-18(16-8-3-1-4-9-16)12-7-13-19(23)25(20)28/h7,12-17H,1-6,8-11,27H2. The molecule has 3 aliphatic carbocycles. The lowest BCUT2D eigenvalue weighted by atomic mass is 9.72. The Morgan fingerprint density at radius 2 is 1.28 bits per heavy atom. The summed E-state index contributed by atoms with van der Waals surface area (Å²) >= 11 is 0. The highest BCUT2D eigenvalue weighted by molar-refractivity contribution is 6.29. The van der Waals surface area contributed by atoms with Crippen molar-refractivity contribution in [2.45, 2.75) is 76.0 Å². The minimum Gasteiger partial charge on any atom is -0.398 e. The van der Waals surface area contributed by atoms with E-state index in [-0.39, 0.29) is 11.6 Å². The van der Waals surface area contributed by atoms with Crippen molar-refractivity contribution in [3.05, 3.63) is 63.7 Å². The van der Waals surface area contributed by atoms with E-state index in [1.54, 1.807) is 6.07 Å². The van der Waals surface area contributed by atoms with Crippen molar-refractivity contribution in [3.8, 4) is 0 Å². The summed E-state index contributed by atoms with van der Waals surface area (Å²) in [5.74, 6) is 0.697. The maximum atomic E-state index is 13.9. The van der Waals surface area contributed by atoms with E-state index in [1.807, 2.05) is 18.2 Å². The van der Waals surface area contributed by atoms with E-state index in [1.165, 1.54) is 38.5 Å². The highest BCUT2D eigenvalue weighted by Gasteiger charge is 2.37. The highest BCUT2D eigenvalue weighted by Crippen LogP contribution is 2.44. The molecular weight excluding hydrogens is 358 g/mol. The summed E-state index contributed by atoms with van der Waals surface area (Å²) < 4.78 is 0. The lowest BCUT2D eigenvalue weighted by Gasteiger charge is -2.31. The Bertz CT molecular complexity index is 978. The molecule has 3 aliphatic rings. The molecule has 3 nitrogen and oxygen atoms in total. The zero-order valence-corrected chi connectivity index (χ0v) is 17.0. The second kappa shape index (κ2) is 7.44. The molecule has 0 amide bonds. The van der Waals surface area contributed by atoms with Crippen LogP contribution in [0.2, 0.25) is 0 Å². The van der Waals surface area contributed by atoms with Crippen LogP contribution in [0.5, 0.6) is 0 Å². The molecule has 0 saturated heterocycles. The Balaban J connectivity index is 1.68. The number of hydrogen-bond acceptors (Lipinski definition) is 3. The summed E-state index contributed by atoms with van der Waals surface area (Å²) in [7, 11) is 0. The van der Waals surface area contributed by atoms with Gasteiger partial charge in [-0.1, -0.05) is 56.7 Å². The number of nitrogens with two attached hydrogens (primary N) is 1. The number of nitrogen functional groups attached to an aromatic ring is 1. The molecule has 0 aromatic heterocycles. The molecule has 0 bridgehead atoms. The van der Waals surface area contributed by atoms with Crippen molar-refractivity contribution in [1.82, 2.24) is 0 Å². The number of anilines is 1. The monoisotopic (exact) mass is 387 g/mol. The summed E-state index contributed by atoms with van der Waals surface area (Å²) in [5.41, 5.74) is 11.5. The van der Waals surface area contributed by atoms with Crippen LogP contribution in [0.3, 0.4) is 0 Å². The molecule has 3 heteroatoms. The molecule has 0 aliphatic heterocycles. The van der Waals surface area contributed by atoms with Gasteiger partial charge in [0.1, 0.15) is 0 Å². The molecule has 29 heavy (non-hydrogen) atoms. The zero-order valence-electron chi connectivity index (χ0n) is 17.0. The number of benzene rings is 2. The lowest BCUT2D eigenvalue weighted by Crippen LogP contribution is -2.27. The third kappa shape index (κ3) is 3.02. The summed E-state index contributed by atoms with van der Waals surface area (Å²) in [6, 6.07) is 9.48. The van der Waals surface area contributed by atoms with Crippen molar-refractivity contribution in [2.75, 3.05) is 5.73 Å². The molecule has 0 atom stereocenters. The largest absolute Gasteiger partial charge is 0.398 e. The summed E-state index contributed by atoms with van der Waals surface area (Å²) in [5, 5.41) is 0. The van der Waals surface area contributed by atoms with E-state index in [0.717, 1.165) is 36.8 Å². The van der Waals surface area contributed by atoms with E-state index < -0.39 is 0 Å². The second-order valence-electron chi connectivity index (χ2n) is 9.09. The van der Waals surface area contributed by atoms with Crippen molar-refractivity contribution in [2.24, 2.45) is 0 Å². The normalized spacial score (nSPS) is 20.4. The van der Waals surface area contributed by atoms with E-state index in [9.17, 15) is 9.59 Å². The van der Waals surface area contributed by atoms with Crippen molar-refractivity contribution < 1.29 is 9.59 Å². The fourth-order valence-corrected chi connectivity index (χ4v) is 5.94. The molecule has 0 radical (unpaired) electrons. The van der Waals surface area contributed by atoms with Crippen LogP contribution in [-0.2, 0) is 0 Å². The Morgan fingerprint density at radius 3 is 1.97 bits per heavy atom. The number of fused-ring (bicyclic) bond motifs is 2. The fourth-order valence-electron chi connectivity index (χ4n) is 5.94. The van der Waals surface area contributed by atoms with Crippen molar-refractivity contribution >= 4 is 17.3 Å². The van der Waals surface area contributed by atoms with Gasteiger partial charge in [-0.05, 0) is 60.8 Å². The Kier molecular flexibility index (Phi) is 4.77. The predicted octanol–water partition coefficient (Wildman–Crippen LogP) is 6.14. The van der Waals surface area contributed by atoms with Gasteiger partial charge in [-0.3, -0.25) is 9.59 Å². The maximum Gasteiger partial charge on any atom is 0.195 e. The molecular formula is C26H29NO2. The second-order valence-corrected chi connectivity index (χ2v) is 9.09. The summed E-state index contributed by atoms with van der Waals surface area (Å²) in [6.07, 6.45) is 11.6. The van der Waals surface area contributed by atoms with E-state index in [0.29, 0.717) is 39.8 Å². The van der Waals surface area contributed by atoms with Crippen molar-refractivity contribution in [1.29, 1.82) is 0 Å². The maximum absolute atomic E-state index is 13.9. The Hall–Kier alpha value is -2.42. The fraction of sp³-hybridized carbons (Fsp3) is 0.462. The molecule has 2 aromatic carbocycles. The minimum absolute atomic E-state index is 0.00989. The van der Waals surface area contributed by atoms with Crippen LogP contribution in [0.15, 0.2) is 30.3 Å². The van der Waals surface area contributed by atoms with Gasteiger partial charge >= 0.3 is 0 Å². The first-order chi connectivity index (χ1) is 14.2. The number of hydrogen-bond donors (Lipinski definition) is 1. The minimum atomic E-state index is -0.00989. The number of carbonyl (C=O) groups is 2. The highest BCUT2D eigenvalue weighted by atomic mass is 16.1. The number of carbonyl (C=O) groups excluding carboxylic acids is 2. The van der Waals surface area contributed by atoms with Gasteiger partial charge in [-0.15, -0.1) is 0 Å². The number of ketones is 2. The van der Waals surface area contributed by atoms with Crippen LogP contribution in [0.4, 0.5) is 5.69 Å². The van der Waals surface area contributed by atoms with Crippen LogP contribution in [0.1, 0.15) is 119 Å². The van der Waals surface area contributed by atoms with Crippen LogP contribution >= 0.6 is 0 Å². The SMILES string of the molecule is Nc1ccc2c(c1C1CCCCC1)C(=O)c1c(cccc1C1CCCCC1)C2=O. The topological polar surface area (TPSA) is 60.2 Å². The molecule has 5 rings (SSSR count). The van der Waals surface area contributed by atoms with Crippen LogP contribution in [0.25, 0.3) is 0 Å². The molecule has 0 unspecified atom stereocenters. The zero-order chi connectivity index (χ0) is 20.0. The summed E-state index contributed by atoms with van der Waals surface area (Å²) in [4.78, 5) is 27.4. The van der Waals surface area contributed by atoms with E-state index >= 15 is 0 Å². The molecule has 0 heterocycles. The average Bonchev–Trinajstić information content (AvgIpc) is 2.78. The van der Waals surface area contributed by atoms with Gasteiger partial charge < -0.3 is 5.73 Å². The predicted molar refractivity (Wildman–Crippen MR) is 116 cm³/mol. The first-order valence-corrected chi connectivity index (χ1v) is 11.3. The first kappa shape index (κ1) is 18.6. The molecule has 150 valence electrons. The van der Waals surface area contributed by atoms with Gasteiger partial charge in [0.25, 0.3) is 0 Å². The van der Waals surface area contributed by atoms with E-state index in [2.05, 4.69) is 6.07 Å². The van der Waals surface area contributed by atoms with Gasteiger partial charge in [0.15, 0.2) is 11.6 Å².